The smallest absolute Gasteiger partial charge is 0.310 e. The molecule has 1 aromatic carbocycles. The fraction of sp³-hybridized carbons (Fsp3) is 0.562. The molecule has 1 aromatic rings. The first-order chi connectivity index (χ1) is 10.4. The summed E-state index contributed by atoms with van der Waals surface area (Å²) >= 11 is 0. The number of aryl methyl sites for hydroxylation is 1. The molecule has 0 bridgehead atoms. The van der Waals surface area contributed by atoms with Gasteiger partial charge in [0.2, 0.25) is 0 Å². The van der Waals surface area contributed by atoms with Crippen molar-refractivity contribution in [1.82, 2.24) is 4.90 Å². The van der Waals surface area contributed by atoms with Crippen molar-refractivity contribution in [3.63, 3.8) is 0 Å². The standard InChI is InChI=1S/C16H22N2O4/c1-11-7-8-14(18(20)21)15(9-11)22-10-16(19)17-12(2)5-4-6-13(17)3/h7-9,12-13H,4-6,10H2,1-3H3/t12-,13-/m1/s1. The summed E-state index contributed by atoms with van der Waals surface area (Å²) in [5, 5.41) is 11.0. The molecule has 1 amide bonds. The number of carbonyl (C=O) groups is 1. The van der Waals surface area contributed by atoms with Crippen LogP contribution in [0.25, 0.3) is 0 Å². The van der Waals surface area contributed by atoms with Gasteiger partial charge in [-0.15, -0.1) is 0 Å². The van der Waals surface area contributed by atoms with Crippen molar-refractivity contribution < 1.29 is 14.5 Å². The first-order valence-corrected chi connectivity index (χ1v) is 7.59. The van der Waals surface area contributed by atoms with Crippen LogP contribution in [0.4, 0.5) is 5.69 Å². The normalized spacial score (nSPS) is 21.5. The Balaban J connectivity index is 2.08. The average molecular weight is 306 g/mol. The number of nitro benzene ring substituents is 1. The molecule has 2 rings (SSSR count). The molecule has 6 nitrogen and oxygen atoms in total. The number of likely N-dealkylation sites (tertiary alicyclic amines) is 1. The molecule has 120 valence electrons. The Kier molecular flexibility index (Phi) is 5.00. The van der Waals surface area contributed by atoms with E-state index >= 15 is 0 Å². The Labute approximate surface area is 130 Å². The molecule has 2 atom stereocenters. The van der Waals surface area contributed by atoms with Gasteiger partial charge >= 0.3 is 5.69 Å². The monoisotopic (exact) mass is 306 g/mol. The Morgan fingerprint density at radius 2 is 2.00 bits per heavy atom. The maximum Gasteiger partial charge on any atom is 0.310 e. The summed E-state index contributed by atoms with van der Waals surface area (Å²) < 4.78 is 5.46. The van der Waals surface area contributed by atoms with Crippen molar-refractivity contribution in [2.24, 2.45) is 0 Å². The topological polar surface area (TPSA) is 72.7 Å². The molecule has 0 saturated carbocycles. The Hall–Kier alpha value is -2.11. The summed E-state index contributed by atoms with van der Waals surface area (Å²) in [7, 11) is 0. The van der Waals surface area contributed by atoms with Gasteiger partial charge in [-0.3, -0.25) is 14.9 Å². The molecule has 0 spiro atoms. The predicted molar refractivity (Wildman–Crippen MR) is 82.9 cm³/mol. The third-order valence-electron chi connectivity index (χ3n) is 4.14. The number of carbonyl (C=O) groups excluding carboxylic acids is 1. The Morgan fingerprint density at radius 1 is 1.36 bits per heavy atom. The van der Waals surface area contributed by atoms with Gasteiger partial charge in [0, 0.05) is 18.2 Å². The van der Waals surface area contributed by atoms with E-state index in [1.165, 1.54) is 6.07 Å². The van der Waals surface area contributed by atoms with E-state index in [4.69, 9.17) is 4.74 Å². The number of nitro groups is 1. The summed E-state index contributed by atoms with van der Waals surface area (Å²) in [5.41, 5.74) is 0.742. The summed E-state index contributed by atoms with van der Waals surface area (Å²) in [5.74, 6) is 0.0335. The molecular formula is C16H22N2O4. The maximum atomic E-state index is 12.4. The van der Waals surface area contributed by atoms with E-state index in [1.54, 1.807) is 12.1 Å². The van der Waals surface area contributed by atoms with Crippen LogP contribution in [0.5, 0.6) is 5.75 Å². The van der Waals surface area contributed by atoms with Gasteiger partial charge in [0.1, 0.15) is 0 Å². The van der Waals surface area contributed by atoms with E-state index in [1.807, 2.05) is 25.7 Å². The van der Waals surface area contributed by atoms with Crippen molar-refractivity contribution in [3.05, 3.63) is 33.9 Å². The largest absolute Gasteiger partial charge is 0.477 e. The van der Waals surface area contributed by atoms with Crippen LogP contribution >= 0.6 is 0 Å². The minimum Gasteiger partial charge on any atom is -0.477 e. The summed E-state index contributed by atoms with van der Waals surface area (Å²) in [6.45, 7) is 5.72. The number of piperidine rings is 1. The molecule has 0 aliphatic carbocycles. The number of ether oxygens (including phenoxy) is 1. The lowest BCUT2D eigenvalue weighted by atomic mass is 9.97. The molecule has 0 aromatic heterocycles. The van der Waals surface area contributed by atoms with Gasteiger partial charge < -0.3 is 9.64 Å². The fourth-order valence-electron chi connectivity index (χ4n) is 3.01. The van der Waals surface area contributed by atoms with Crippen LogP contribution < -0.4 is 4.74 Å². The number of nitrogens with zero attached hydrogens (tertiary/aromatic N) is 2. The van der Waals surface area contributed by atoms with Gasteiger partial charge in [0.05, 0.1) is 4.92 Å². The third-order valence-corrected chi connectivity index (χ3v) is 4.14. The van der Waals surface area contributed by atoms with E-state index in [0.29, 0.717) is 0 Å². The number of rotatable bonds is 4. The highest BCUT2D eigenvalue weighted by Crippen LogP contribution is 2.28. The molecule has 6 heteroatoms. The SMILES string of the molecule is Cc1ccc([N+](=O)[O-])c(OCC(=O)N2[C@H](C)CCC[C@H]2C)c1. The summed E-state index contributed by atoms with van der Waals surface area (Å²) in [6, 6.07) is 5.02. The second kappa shape index (κ2) is 6.77. The second-order valence-corrected chi connectivity index (χ2v) is 5.95. The number of hydrogen-bond acceptors (Lipinski definition) is 4. The molecule has 1 aliphatic rings. The van der Waals surface area contributed by atoms with E-state index in [2.05, 4.69) is 0 Å². The summed E-state index contributed by atoms with van der Waals surface area (Å²) in [4.78, 5) is 24.7. The van der Waals surface area contributed by atoms with Crippen molar-refractivity contribution >= 4 is 11.6 Å². The zero-order valence-electron chi connectivity index (χ0n) is 13.2. The first-order valence-electron chi connectivity index (χ1n) is 7.59. The van der Waals surface area contributed by atoms with E-state index in [-0.39, 0.29) is 36.0 Å². The van der Waals surface area contributed by atoms with Gasteiger partial charge in [0.15, 0.2) is 12.4 Å². The van der Waals surface area contributed by atoms with Crippen LogP contribution in [0.1, 0.15) is 38.7 Å². The highest BCUT2D eigenvalue weighted by Gasteiger charge is 2.29. The molecule has 1 heterocycles. The lowest BCUT2D eigenvalue weighted by Crippen LogP contribution is -2.49. The van der Waals surface area contributed by atoms with Crippen LogP contribution in [-0.4, -0.2) is 34.4 Å². The lowest BCUT2D eigenvalue weighted by Gasteiger charge is -2.38. The highest BCUT2D eigenvalue weighted by atomic mass is 16.6. The van der Waals surface area contributed by atoms with E-state index in [0.717, 1.165) is 24.8 Å². The van der Waals surface area contributed by atoms with Crippen LogP contribution in [0.15, 0.2) is 18.2 Å². The van der Waals surface area contributed by atoms with Crippen molar-refractivity contribution in [3.8, 4) is 5.75 Å². The van der Waals surface area contributed by atoms with Crippen molar-refractivity contribution in [2.45, 2.75) is 52.1 Å². The van der Waals surface area contributed by atoms with Crippen molar-refractivity contribution in [2.75, 3.05) is 6.61 Å². The molecule has 0 N–H and O–H groups in total. The van der Waals surface area contributed by atoms with Gasteiger partial charge in [-0.25, -0.2) is 0 Å². The molecule has 22 heavy (non-hydrogen) atoms. The predicted octanol–water partition coefficient (Wildman–Crippen LogP) is 3.07. The number of hydrogen-bond donors (Lipinski definition) is 0. The quantitative estimate of drug-likeness (QED) is 0.633. The minimum atomic E-state index is -0.495. The first kappa shape index (κ1) is 16.3. The number of benzene rings is 1. The van der Waals surface area contributed by atoms with Crippen LogP contribution in [0, 0.1) is 17.0 Å². The average Bonchev–Trinajstić information content (AvgIpc) is 2.44. The van der Waals surface area contributed by atoms with Crippen LogP contribution in [0.3, 0.4) is 0 Å². The minimum absolute atomic E-state index is 0.113. The third kappa shape index (κ3) is 3.55. The van der Waals surface area contributed by atoms with Gasteiger partial charge in [-0.1, -0.05) is 6.07 Å². The highest BCUT2D eigenvalue weighted by molar-refractivity contribution is 5.78. The number of amides is 1. The zero-order valence-corrected chi connectivity index (χ0v) is 13.2. The Morgan fingerprint density at radius 3 is 2.59 bits per heavy atom. The fourth-order valence-corrected chi connectivity index (χ4v) is 3.01. The molecule has 1 fully saturated rings. The zero-order chi connectivity index (χ0) is 16.3. The molecule has 0 unspecified atom stereocenters. The molecule has 0 radical (unpaired) electrons. The molecule has 1 saturated heterocycles. The molecule has 1 aliphatic heterocycles. The van der Waals surface area contributed by atoms with Gasteiger partial charge in [-0.2, -0.15) is 0 Å². The Bertz CT molecular complexity index is 563. The lowest BCUT2D eigenvalue weighted by molar-refractivity contribution is -0.385. The molecular weight excluding hydrogens is 284 g/mol. The van der Waals surface area contributed by atoms with Gasteiger partial charge in [0.25, 0.3) is 5.91 Å². The van der Waals surface area contributed by atoms with Crippen LogP contribution in [-0.2, 0) is 4.79 Å². The van der Waals surface area contributed by atoms with Crippen molar-refractivity contribution in [1.29, 1.82) is 0 Å². The summed E-state index contributed by atoms with van der Waals surface area (Å²) in [6.07, 6.45) is 3.09. The van der Waals surface area contributed by atoms with E-state index < -0.39 is 4.92 Å². The van der Waals surface area contributed by atoms with E-state index in [9.17, 15) is 14.9 Å². The van der Waals surface area contributed by atoms with Gasteiger partial charge in [-0.05, 0) is 51.7 Å². The second-order valence-electron chi connectivity index (χ2n) is 5.95. The van der Waals surface area contributed by atoms with Crippen LogP contribution in [0.2, 0.25) is 0 Å². The maximum absolute atomic E-state index is 12.4.